The highest BCUT2D eigenvalue weighted by Crippen LogP contribution is 2.29. The topological polar surface area (TPSA) is 228 Å². The van der Waals surface area contributed by atoms with Gasteiger partial charge in [0.05, 0.1) is 32.0 Å². The maximum absolute atomic E-state index is 13.1. The molecule has 14 heteroatoms. The van der Waals surface area contributed by atoms with E-state index in [1.807, 2.05) is 6.08 Å². The Hall–Kier alpha value is -2.57. The van der Waals surface area contributed by atoms with Gasteiger partial charge in [0.2, 0.25) is 5.91 Å². The van der Waals surface area contributed by atoms with E-state index in [0.29, 0.717) is 12.8 Å². The van der Waals surface area contributed by atoms with Crippen molar-refractivity contribution in [2.24, 2.45) is 0 Å². The molecule has 2 heterocycles. The van der Waals surface area contributed by atoms with Crippen LogP contribution < -0.4 is 5.32 Å². The van der Waals surface area contributed by atoms with Gasteiger partial charge in [-0.05, 0) is 70.6 Å². The van der Waals surface area contributed by atoms with Crippen molar-refractivity contribution in [2.75, 3.05) is 19.8 Å². The predicted molar refractivity (Wildman–Crippen MR) is 235 cm³/mol. The number of unbranched alkanes of at least 4 members (excludes halogenated alkanes) is 9. The Morgan fingerprint density at radius 2 is 1.15 bits per heavy atom. The van der Waals surface area contributed by atoms with E-state index in [-0.39, 0.29) is 18.9 Å². The number of amides is 1. The summed E-state index contributed by atoms with van der Waals surface area (Å²) in [6, 6.07) is -0.947. The van der Waals surface area contributed by atoms with E-state index < -0.39 is 86.8 Å². The summed E-state index contributed by atoms with van der Waals surface area (Å²) in [7, 11) is 0. The number of carbonyl (C=O) groups is 1. The minimum Gasteiger partial charge on any atom is -0.394 e. The molecule has 61 heavy (non-hydrogen) atoms. The first-order chi connectivity index (χ1) is 29.6. The van der Waals surface area contributed by atoms with Gasteiger partial charge in [0.25, 0.3) is 0 Å². The van der Waals surface area contributed by atoms with Gasteiger partial charge in [0.1, 0.15) is 48.8 Å². The second kappa shape index (κ2) is 33.9. The molecule has 0 aliphatic carbocycles. The zero-order valence-electron chi connectivity index (χ0n) is 36.6. The van der Waals surface area contributed by atoms with E-state index in [9.17, 15) is 45.6 Å². The van der Waals surface area contributed by atoms with Gasteiger partial charge in [0.15, 0.2) is 12.6 Å². The molecule has 0 aromatic rings. The molecule has 14 nitrogen and oxygen atoms in total. The molecular weight excluding hydrogens is 787 g/mol. The quantitative estimate of drug-likeness (QED) is 0.0336. The van der Waals surface area contributed by atoms with Crippen LogP contribution in [0.4, 0.5) is 0 Å². The lowest BCUT2D eigenvalue weighted by Gasteiger charge is -2.46. The molecule has 0 aromatic carbocycles. The fraction of sp³-hybridized carbons (Fsp3) is 0.723. The van der Waals surface area contributed by atoms with E-state index >= 15 is 0 Å². The van der Waals surface area contributed by atoms with Crippen molar-refractivity contribution < 1.29 is 64.6 Å². The molecule has 1 amide bonds. The van der Waals surface area contributed by atoms with Gasteiger partial charge >= 0.3 is 0 Å². The van der Waals surface area contributed by atoms with E-state index in [4.69, 9.17) is 18.9 Å². The summed E-state index contributed by atoms with van der Waals surface area (Å²) in [4.78, 5) is 13.1. The average Bonchev–Trinajstić information content (AvgIpc) is 3.26. The van der Waals surface area contributed by atoms with Gasteiger partial charge in [0, 0.05) is 6.42 Å². The van der Waals surface area contributed by atoms with E-state index in [0.717, 1.165) is 77.0 Å². The monoisotopic (exact) mass is 866 g/mol. The average molecular weight is 866 g/mol. The third-order valence-electron chi connectivity index (χ3n) is 10.6. The minimum absolute atomic E-state index is 0.246. The summed E-state index contributed by atoms with van der Waals surface area (Å²) in [5, 5.41) is 86.4. The van der Waals surface area contributed by atoms with Crippen LogP contribution in [0.2, 0.25) is 0 Å². The molecule has 350 valence electrons. The van der Waals surface area contributed by atoms with Gasteiger partial charge in [-0.15, -0.1) is 0 Å². The lowest BCUT2D eigenvalue weighted by molar-refractivity contribution is -0.359. The Morgan fingerprint density at radius 3 is 1.80 bits per heavy atom. The largest absolute Gasteiger partial charge is 0.394 e. The number of aliphatic hydroxyl groups is 8. The summed E-state index contributed by atoms with van der Waals surface area (Å²) in [5.41, 5.74) is 0. The number of hydrogen-bond acceptors (Lipinski definition) is 13. The molecular formula is C47H79NO13. The maximum Gasteiger partial charge on any atom is 0.220 e. The standard InChI is InChI=1S/C47H79NO13/c1-3-5-7-9-11-13-15-17-18-19-21-23-25-27-29-31-39(52)48-35(36(51)30-28-26-24-22-20-16-14-12-10-8-6-4-2)34-58-46-44(57)42(55)45(38(33-50)60-46)61-47-43(56)41(54)40(53)37(32-49)59-47/h5,7,10-13,17-18,20,22,28,30,35-38,40-47,49-51,53-57H,3-4,6,8-9,14-16,19,21,23-27,29,31-34H2,1-2H3,(H,48,52)/b7-5-,12-10+,13-11-,18-17-,22-20+,30-28+. The first-order valence-corrected chi connectivity index (χ1v) is 22.7. The molecule has 12 atom stereocenters. The fourth-order valence-corrected chi connectivity index (χ4v) is 6.85. The molecule has 12 unspecified atom stereocenters. The van der Waals surface area contributed by atoms with Gasteiger partial charge in [-0.1, -0.05) is 119 Å². The highest BCUT2D eigenvalue weighted by atomic mass is 16.7. The molecule has 0 aromatic heterocycles. The van der Waals surface area contributed by atoms with E-state index in [2.05, 4.69) is 79.9 Å². The molecule has 0 saturated carbocycles. The van der Waals surface area contributed by atoms with Crippen molar-refractivity contribution in [2.45, 2.75) is 197 Å². The SMILES string of the molecule is CC/C=C\C/C=C\C/C=C\CCCCCCCC(=O)NC(COC1OC(CO)C(OC2OC(CO)C(O)C(O)C2O)C(O)C1O)C(O)/C=C/CC/C=C/CC/C=C/CCCC. The summed E-state index contributed by atoms with van der Waals surface area (Å²) < 4.78 is 22.6. The molecule has 0 spiro atoms. The molecule has 0 radical (unpaired) electrons. The summed E-state index contributed by atoms with van der Waals surface area (Å²) in [6.07, 6.45) is 23.8. The Morgan fingerprint density at radius 1 is 0.607 bits per heavy atom. The number of ether oxygens (including phenoxy) is 4. The van der Waals surface area contributed by atoms with Crippen LogP contribution in [0, 0.1) is 0 Å². The number of aliphatic hydroxyl groups excluding tert-OH is 8. The van der Waals surface area contributed by atoms with Crippen LogP contribution in [0.5, 0.6) is 0 Å². The van der Waals surface area contributed by atoms with Crippen molar-refractivity contribution in [1.82, 2.24) is 5.32 Å². The molecule has 2 aliphatic rings. The fourth-order valence-electron chi connectivity index (χ4n) is 6.85. The zero-order chi connectivity index (χ0) is 44.7. The number of rotatable bonds is 32. The van der Waals surface area contributed by atoms with Crippen molar-refractivity contribution >= 4 is 5.91 Å². The van der Waals surface area contributed by atoms with Crippen LogP contribution in [0.15, 0.2) is 72.9 Å². The van der Waals surface area contributed by atoms with Crippen LogP contribution in [0.25, 0.3) is 0 Å². The number of carbonyl (C=O) groups excluding carboxylic acids is 1. The number of allylic oxidation sites excluding steroid dienone is 11. The summed E-state index contributed by atoms with van der Waals surface area (Å²) in [5.74, 6) is -0.278. The Labute approximate surface area is 364 Å². The second-order valence-electron chi connectivity index (χ2n) is 15.8. The van der Waals surface area contributed by atoms with Gasteiger partial charge in [-0.3, -0.25) is 4.79 Å². The van der Waals surface area contributed by atoms with Gasteiger partial charge in [-0.25, -0.2) is 0 Å². The van der Waals surface area contributed by atoms with Crippen molar-refractivity contribution in [3.05, 3.63) is 72.9 Å². The van der Waals surface area contributed by atoms with Crippen molar-refractivity contribution in [3.8, 4) is 0 Å². The maximum atomic E-state index is 13.1. The smallest absolute Gasteiger partial charge is 0.220 e. The molecule has 2 aliphatic heterocycles. The third-order valence-corrected chi connectivity index (χ3v) is 10.6. The molecule has 0 bridgehead atoms. The first kappa shape index (κ1) is 54.6. The normalized spacial score (nSPS) is 28.7. The molecule has 2 fully saturated rings. The van der Waals surface area contributed by atoms with Gasteiger partial charge in [-0.2, -0.15) is 0 Å². The van der Waals surface area contributed by atoms with Crippen LogP contribution in [-0.4, -0.2) is 140 Å². The van der Waals surface area contributed by atoms with Crippen LogP contribution in [0.1, 0.15) is 123 Å². The Balaban J connectivity index is 1.93. The zero-order valence-corrected chi connectivity index (χ0v) is 36.6. The highest BCUT2D eigenvalue weighted by Gasteiger charge is 2.50. The lowest BCUT2D eigenvalue weighted by atomic mass is 9.97. The lowest BCUT2D eigenvalue weighted by Crippen LogP contribution is -2.65. The minimum atomic E-state index is -1.80. The number of hydrogen-bond donors (Lipinski definition) is 9. The summed E-state index contributed by atoms with van der Waals surface area (Å²) >= 11 is 0. The van der Waals surface area contributed by atoms with Gasteiger partial charge < -0.3 is 65.1 Å². The predicted octanol–water partition coefficient (Wildman–Crippen LogP) is 4.48. The molecule has 2 rings (SSSR count). The second-order valence-corrected chi connectivity index (χ2v) is 15.8. The van der Waals surface area contributed by atoms with Crippen molar-refractivity contribution in [1.29, 1.82) is 0 Å². The number of nitrogens with one attached hydrogen (secondary N) is 1. The Kier molecular flexibility index (Phi) is 30.3. The highest BCUT2D eigenvalue weighted by molar-refractivity contribution is 5.76. The molecule has 9 N–H and O–H groups in total. The van der Waals surface area contributed by atoms with E-state index in [1.54, 1.807) is 6.08 Å². The first-order valence-electron chi connectivity index (χ1n) is 22.7. The van der Waals surface area contributed by atoms with Crippen LogP contribution in [0.3, 0.4) is 0 Å². The Bertz CT molecular complexity index is 1300. The summed E-state index contributed by atoms with van der Waals surface area (Å²) in [6.45, 7) is 2.54. The van der Waals surface area contributed by atoms with Crippen LogP contribution >= 0.6 is 0 Å². The van der Waals surface area contributed by atoms with Crippen molar-refractivity contribution in [3.63, 3.8) is 0 Å². The van der Waals surface area contributed by atoms with E-state index in [1.165, 1.54) is 12.8 Å². The third kappa shape index (κ3) is 22.1. The molecule has 2 saturated heterocycles. The van der Waals surface area contributed by atoms with Crippen LogP contribution in [-0.2, 0) is 23.7 Å².